The number of hydrogen-bond donors (Lipinski definition) is 2. The summed E-state index contributed by atoms with van der Waals surface area (Å²) in [4.78, 5) is 26.3. The Morgan fingerprint density at radius 1 is 1.11 bits per heavy atom. The van der Waals surface area contributed by atoms with Crippen LogP contribution in [0.25, 0.3) is 10.9 Å². The van der Waals surface area contributed by atoms with E-state index in [0.717, 1.165) is 40.4 Å². The van der Waals surface area contributed by atoms with Crippen LogP contribution in [-0.2, 0) is 29.4 Å². The van der Waals surface area contributed by atoms with E-state index >= 15 is 0 Å². The van der Waals surface area contributed by atoms with Crippen LogP contribution in [0.5, 0.6) is 11.5 Å². The Kier molecular flexibility index (Phi) is 7.15. The van der Waals surface area contributed by atoms with E-state index in [9.17, 15) is 9.59 Å². The molecule has 0 fully saturated rings. The Hall–Kier alpha value is -3.68. The molecule has 192 valence electrons. The SMILES string of the molecule is COc1cc2c(cc1OC)C(NC(=O)[C@@H](Cc1cn(C)c3ccccc13)NC(=O)OC(C)(C)C)CC2. The lowest BCUT2D eigenvalue weighted by atomic mass is 10.0. The van der Waals surface area contributed by atoms with Gasteiger partial charge in [-0.15, -0.1) is 0 Å². The molecule has 8 heteroatoms. The number of nitrogens with one attached hydrogen (secondary N) is 2. The molecule has 1 aromatic heterocycles. The van der Waals surface area contributed by atoms with Crippen molar-refractivity contribution < 1.29 is 23.8 Å². The number of alkyl carbamates (subject to hydrolysis) is 1. The van der Waals surface area contributed by atoms with Crippen LogP contribution in [0.1, 0.15) is 49.9 Å². The third kappa shape index (κ3) is 5.42. The number of amides is 2. The molecule has 0 bridgehead atoms. The first kappa shape index (κ1) is 25.4. The fraction of sp³-hybridized carbons (Fsp3) is 0.429. The van der Waals surface area contributed by atoms with Crippen LogP contribution in [-0.4, -0.2) is 42.4 Å². The van der Waals surface area contributed by atoms with E-state index < -0.39 is 17.7 Å². The highest BCUT2D eigenvalue weighted by Gasteiger charge is 2.31. The standard InChI is InChI=1S/C28H35N3O5/c1-28(2,3)36-27(33)30-22(13-18-16-31(4)23-10-8-7-9-19(18)23)26(32)29-21-12-11-17-14-24(34-5)25(35-6)15-20(17)21/h7-10,14-16,21-22H,11-13H2,1-6H3,(H,29,32)(H,30,33)/t21?,22-/m1/s1. The Bertz CT molecular complexity index is 1270. The number of nitrogens with zero attached hydrogens (tertiary/aromatic N) is 1. The van der Waals surface area contributed by atoms with Crippen LogP contribution >= 0.6 is 0 Å². The van der Waals surface area contributed by atoms with Crippen molar-refractivity contribution in [1.29, 1.82) is 0 Å². The molecule has 2 aromatic carbocycles. The summed E-state index contributed by atoms with van der Waals surface area (Å²) in [7, 11) is 5.18. The average Bonchev–Trinajstić information content (AvgIpc) is 3.36. The van der Waals surface area contributed by atoms with E-state index in [1.807, 2.05) is 54.2 Å². The van der Waals surface area contributed by atoms with Crippen molar-refractivity contribution in [3.63, 3.8) is 0 Å². The van der Waals surface area contributed by atoms with Gasteiger partial charge in [-0.2, -0.15) is 0 Å². The van der Waals surface area contributed by atoms with Crippen molar-refractivity contribution in [1.82, 2.24) is 15.2 Å². The summed E-state index contributed by atoms with van der Waals surface area (Å²) >= 11 is 0. The first-order valence-corrected chi connectivity index (χ1v) is 12.2. The fourth-order valence-electron chi connectivity index (χ4n) is 4.82. The quantitative estimate of drug-likeness (QED) is 0.508. The molecule has 3 aromatic rings. The van der Waals surface area contributed by atoms with Gasteiger partial charge in [-0.1, -0.05) is 18.2 Å². The molecule has 0 saturated heterocycles. The number of rotatable bonds is 7. The summed E-state index contributed by atoms with van der Waals surface area (Å²) in [6.07, 6.45) is 3.28. The van der Waals surface area contributed by atoms with Gasteiger partial charge in [0.2, 0.25) is 5.91 Å². The number of para-hydroxylation sites is 1. The average molecular weight is 494 g/mol. The molecule has 0 spiro atoms. The Balaban J connectivity index is 1.59. The zero-order chi connectivity index (χ0) is 26.0. The fourth-order valence-corrected chi connectivity index (χ4v) is 4.82. The third-order valence-electron chi connectivity index (χ3n) is 6.45. The number of carbonyl (C=O) groups excluding carboxylic acids is 2. The molecule has 8 nitrogen and oxygen atoms in total. The summed E-state index contributed by atoms with van der Waals surface area (Å²) < 4.78 is 18.4. The van der Waals surface area contributed by atoms with Crippen molar-refractivity contribution in [2.24, 2.45) is 7.05 Å². The minimum atomic E-state index is -0.810. The molecule has 2 atom stereocenters. The highest BCUT2D eigenvalue weighted by Crippen LogP contribution is 2.39. The van der Waals surface area contributed by atoms with Crippen LogP contribution in [0.4, 0.5) is 4.79 Å². The van der Waals surface area contributed by atoms with Gasteiger partial charge in [0.1, 0.15) is 11.6 Å². The van der Waals surface area contributed by atoms with Crippen LogP contribution in [0.2, 0.25) is 0 Å². The number of fused-ring (bicyclic) bond motifs is 2. The lowest BCUT2D eigenvalue weighted by molar-refractivity contribution is -0.124. The summed E-state index contributed by atoms with van der Waals surface area (Å²) in [6.45, 7) is 5.39. The summed E-state index contributed by atoms with van der Waals surface area (Å²) in [6, 6.07) is 10.9. The lowest BCUT2D eigenvalue weighted by Crippen LogP contribution is -2.49. The first-order valence-electron chi connectivity index (χ1n) is 12.2. The molecule has 2 N–H and O–H groups in total. The van der Waals surface area contributed by atoms with Gasteiger partial charge in [0.15, 0.2) is 11.5 Å². The van der Waals surface area contributed by atoms with Crippen LogP contribution in [0.3, 0.4) is 0 Å². The number of ether oxygens (including phenoxy) is 3. The Morgan fingerprint density at radius 2 is 1.81 bits per heavy atom. The van der Waals surface area contributed by atoms with Crippen LogP contribution in [0.15, 0.2) is 42.6 Å². The molecule has 1 unspecified atom stereocenters. The van der Waals surface area contributed by atoms with Crippen LogP contribution in [0, 0.1) is 0 Å². The lowest BCUT2D eigenvalue weighted by Gasteiger charge is -2.25. The predicted molar refractivity (Wildman–Crippen MR) is 139 cm³/mol. The van der Waals surface area contributed by atoms with Crippen molar-refractivity contribution >= 4 is 22.9 Å². The van der Waals surface area contributed by atoms with E-state index in [4.69, 9.17) is 14.2 Å². The molecular formula is C28H35N3O5. The van der Waals surface area contributed by atoms with E-state index in [-0.39, 0.29) is 11.9 Å². The molecule has 1 heterocycles. The van der Waals surface area contributed by atoms with Crippen molar-refractivity contribution in [3.8, 4) is 11.5 Å². The summed E-state index contributed by atoms with van der Waals surface area (Å²) in [5, 5.41) is 7.01. The minimum absolute atomic E-state index is 0.192. The summed E-state index contributed by atoms with van der Waals surface area (Å²) in [5.74, 6) is 1.03. The molecule has 0 aliphatic heterocycles. The zero-order valence-electron chi connectivity index (χ0n) is 21.8. The van der Waals surface area contributed by atoms with E-state index in [1.165, 1.54) is 0 Å². The maximum Gasteiger partial charge on any atom is 0.408 e. The van der Waals surface area contributed by atoms with Gasteiger partial charge in [-0.05, 0) is 68.5 Å². The Morgan fingerprint density at radius 3 is 2.50 bits per heavy atom. The third-order valence-corrected chi connectivity index (χ3v) is 6.45. The van der Waals surface area contributed by atoms with E-state index in [0.29, 0.717) is 17.9 Å². The van der Waals surface area contributed by atoms with Gasteiger partial charge in [-0.3, -0.25) is 4.79 Å². The van der Waals surface area contributed by atoms with Gasteiger partial charge < -0.3 is 29.4 Å². The topological polar surface area (TPSA) is 90.8 Å². The second kappa shape index (κ2) is 10.1. The molecule has 1 aliphatic rings. The number of methoxy groups -OCH3 is 2. The van der Waals surface area contributed by atoms with E-state index in [2.05, 4.69) is 10.6 Å². The maximum atomic E-state index is 13.6. The van der Waals surface area contributed by atoms with Crippen molar-refractivity contribution in [2.75, 3.05) is 14.2 Å². The van der Waals surface area contributed by atoms with Crippen molar-refractivity contribution in [2.45, 2.75) is 57.7 Å². The Labute approximate surface area is 211 Å². The number of benzene rings is 2. The largest absolute Gasteiger partial charge is 0.493 e. The first-order chi connectivity index (χ1) is 17.1. The second-order valence-corrected chi connectivity index (χ2v) is 10.2. The molecule has 4 rings (SSSR count). The number of aryl methyl sites for hydroxylation is 2. The highest BCUT2D eigenvalue weighted by molar-refractivity contribution is 5.89. The van der Waals surface area contributed by atoms with Gasteiger partial charge in [0.25, 0.3) is 0 Å². The van der Waals surface area contributed by atoms with Crippen molar-refractivity contribution in [3.05, 3.63) is 59.3 Å². The predicted octanol–water partition coefficient (Wildman–Crippen LogP) is 4.44. The number of aromatic nitrogens is 1. The second-order valence-electron chi connectivity index (χ2n) is 10.2. The maximum absolute atomic E-state index is 13.6. The van der Waals surface area contributed by atoms with Gasteiger partial charge in [0, 0.05) is 30.6 Å². The van der Waals surface area contributed by atoms with E-state index in [1.54, 1.807) is 35.0 Å². The van der Waals surface area contributed by atoms with Gasteiger partial charge >= 0.3 is 6.09 Å². The molecule has 36 heavy (non-hydrogen) atoms. The molecule has 2 amide bonds. The monoisotopic (exact) mass is 493 g/mol. The van der Waals surface area contributed by atoms with Crippen LogP contribution < -0.4 is 20.1 Å². The highest BCUT2D eigenvalue weighted by atomic mass is 16.6. The van der Waals surface area contributed by atoms with Gasteiger partial charge in [0.05, 0.1) is 20.3 Å². The number of carbonyl (C=O) groups is 2. The minimum Gasteiger partial charge on any atom is -0.493 e. The normalized spacial score (nSPS) is 15.8. The summed E-state index contributed by atoms with van der Waals surface area (Å²) in [5.41, 5.74) is 3.48. The molecule has 0 radical (unpaired) electrons. The van der Waals surface area contributed by atoms with Gasteiger partial charge in [-0.25, -0.2) is 4.79 Å². The molecule has 0 saturated carbocycles. The zero-order valence-corrected chi connectivity index (χ0v) is 21.8. The molecular weight excluding hydrogens is 458 g/mol. The molecule has 1 aliphatic carbocycles. The smallest absolute Gasteiger partial charge is 0.408 e. The number of hydrogen-bond acceptors (Lipinski definition) is 5.